The van der Waals surface area contributed by atoms with Crippen LogP contribution in [0.15, 0.2) is 22.7 Å². The molecule has 19 heavy (non-hydrogen) atoms. The molecule has 0 fully saturated rings. The molecule has 102 valence electrons. The van der Waals surface area contributed by atoms with E-state index in [-0.39, 0.29) is 6.10 Å². The van der Waals surface area contributed by atoms with Crippen LogP contribution in [-0.2, 0) is 13.1 Å². The van der Waals surface area contributed by atoms with Crippen molar-refractivity contribution in [2.24, 2.45) is 0 Å². The number of aromatic nitrogens is 3. The summed E-state index contributed by atoms with van der Waals surface area (Å²) >= 11 is 0. The van der Waals surface area contributed by atoms with Crippen molar-refractivity contribution in [2.45, 2.75) is 40.0 Å². The topological polar surface area (TPSA) is 73.1 Å². The Bertz CT molecular complexity index is 525. The van der Waals surface area contributed by atoms with E-state index >= 15 is 0 Å². The summed E-state index contributed by atoms with van der Waals surface area (Å²) in [5, 5.41) is 10.9. The van der Waals surface area contributed by atoms with Crippen LogP contribution in [0.3, 0.4) is 0 Å². The summed E-state index contributed by atoms with van der Waals surface area (Å²) in [5.74, 6) is 1.81. The molecule has 0 unspecified atom stereocenters. The maximum atomic E-state index is 5.65. The fourth-order valence-corrected chi connectivity index (χ4v) is 1.60. The summed E-state index contributed by atoms with van der Waals surface area (Å²) in [6, 6.07) is 3.87. The van der Waals surface area contributed by atoms with Gasteiger partial charge >= 0.3 is 0 Å². The molecule has 0 radical (unpaired) electrons. The first-order chi connectivity index (χ1) is 9.15. The Kier molecular flexibility index (Phi) is 4.46. The second-order valence-electron chi connectivity index (χ2n) is 4.45. The Labute approximate surface area is 112 Å². The normalized spacial score (nSPS) is 10.9. The highest BCUT2D eigenvalue weighted by molar-refractivity contribution is 5.25. The molecule has 1 N–H and O–H groups in total. The lowest BCUT2D eigenvalue weighted by Gasteiger charge is -2.12. The Morgan fingerprint density at radius 1 is 1.32 bits per heavy atom. The lowest BCUT2D eigenvalue weighted by molar-refractivity contribution is 0.229. The number of pyridine rings is 1. The van der Waals surface area contributed by atoms with Gasteiger partial charge in [-0.2, -0.15) is 0 Å². The van der Waals surface area contributed by atoms with Crippen molar-refractivity contribution in [3.8, 4) is 5.88 Å². The van der Waals surface area contributed by atoms with Gasteiger partial charge in [-0.1, -0.05) is 6.07 Å². The van der Waals surface area contributed by atoms with Crippen molar-refractivity contribution >= 4 is 0 Å². The maximum absolute atomic E-state index is 5.65. The van der Waals surface area contributed by atoms with E-state index < -0.39 is 0 Å². The summed E-state index contributed by atoms with van der Waals surface area (Å²) in [6.07, 6.45) is 1.83. The molecule has 0 saturated heterocycles. The number of nitrogens with zero attached hydrogens (tertiary/aromatic N) is 3. The van der Waals surface area contributed by atoms with Gasteiger partial charge in [0.25, 0.3) is 0 Å². The number of hydrogen-bond acceptors (Lipinski definition) is 6. The number of nitrogens with one attached hydrogen (secondary N) is 1. The van der Waals surface area contributed by atoms with E-state index in [0.29, 0.717) is 30.8 Å². The van der Waals surface area contributed by atoms with Gasteiger partial charge in [0.1, 0.15) is 0 Å². The predicted octanol–water partition coefficient (Wildman–Crippen LogP) is 1.85. The molecule has 6 heteroatoms. The Morgan fingerprint density at radius 2 is 2.16 bits per heavy atom. The minimum Gasteiger partial charge on any atom is -0.475 e. The van der Waals surface area contributed by atoms with E-state index in [0.717, 1.165) is 5.56 Å². The Hall–Kier alpha value is -1.95. The van der Waals surface area contributed by atoms with Gasteiger partial charge in [0.2, 0.25) is 17.7 Å². The molecule has 0 spiro atoms. The first kappa shape index (κ1) is 13.5. The van der Waals surface area contributed by atoms with E-state index in [1.165, 1.54) is 0 Å². The average molecular weight is 262 g/mol. The molecular weight excluding hydrogens is 244 g/mol. The van der Waals surface area contributed by atoms with Gasteiger partial charge in [-0.3, -0.25) is 0 Å². The Morgan fingerprint density at radius 3 is 2.84 bits per heavy atom. The van der Waals surface area contributed by atoms with Crippen LogP contribution in [-0.4, -0.2) is 21.3 Å². The van der Waals surface area contributed by atoms with Crippen LogP contribution in [0.4, 0.5) is 0 Å². The molecule has 0 amide bonds. The highest BCUT2D eigenvalue weighted by Gasteiger charge is 2.07. The highest BCUT2D eigenvalue weighted by Crippen LogP contribution is 2.15. The summed E-state index contributed by atoms with van der Waals surface area (Å²) in [5.41, 5.74) is 1.01. The predicted molar refractivity (Wildman–Crippen MR) is 69.6 cm³/mol. The zero-order valence-corrected chi connectivity index (χ0v) is 11.4. The summed E-state index contributed by atoms with van der Waals surface area (Å²) in [4.78, 5) is 4.23. The second-order valence-corrected chi connectivity index (χ2v) is 4.45. The van der Waals surface area contributed by atoms with E-state index in [4.69, 9.17) is 9.15 Å². The van der Waals surface area contributed by atoms with Gasteiger partial charge < -0.3 is 14.5 Å². The van der Waals surface area contributed by atoms with Crippen molar-refractivity contribution in [2.75, 3.05) is 0 Å². The van der Waals surface area contributed by atoms with Gasteiger partial charge in [0, 0.05) is 25.2 Å². The molecule has 6 nitrogen and oxygen atoms in total. The van der Waals surface area contributed by atoms with Crippen LogP contribution >= 0.6 is 0 Å². The van der Waals surface area contributed by atoms with Crippen LogP contribution in [0.1, 0.15) is 31.2 Å². The van der Waals surface area contributed by atoms with Gasteiger partial charge in [0.05, 0.1) is 12.6 Å². The third-order valence-corrected chi connectivity index (χ3v) is 2.36. The van der Waals surface area contributed by atoms with Gasteiger partial charge in [-0.05, 0) is 19.9 Å². The van der Waals surface area contributed by atoms with Crippen LogP contribution in [0.5, 0.6) is 5.88 Å². The molecule has 0 atom stereocenters. The zero-order chi connectivity index (χ0) is 13.7. The molecule has 2 aromatic heterocycles. The third kappa shape index (κ3) is 4.03. The van der Waals surface area contributed by atoms with Gasteiger partial charge in [-0.25, -0.2) is 4.98 Å². The van der Waals surface area contributed by atoms with Gasteiger partial charge in [-0.15, -0.1) is 10.2 Å². The quantitative estimate of drug-likeness (QED) is 0.856. The standard InChI is InChI=1S/C13H18N4O2/c1-9(2)18-13-11(5-4-6-15-13)7-14-8-12-17-16-10(3)19-12/h4-6,9,14H,7-8H2,1-3H3. The van der Waals surface area contributed by atoms with Crippen LogP contribution < -0.4 is 10.1 Å². The number of hydrogen-bond donors (Lipinski definition) is 1. The molecule has 2 rings (SSSR count). The molecule has 2 heterocycles. The minimum atomic E-state index is 0.104. The molecule has 2 aromatic rings. The van der Waals surface area contributed by atoms with Crippen molar-refractivity contribution in [3.63, 3.8) is 0 Å². The smallest absolute Gasteiger partial charge is 0.230 e. The van der Waals surface area contributed by atoms with E-state index in [9.17, 15) is 0 Å². The molecule has 0 bridgehead atoms. The van der Waals surface area contributed by atoms with Crippen molar-refractivity contribution in [3.05, 3.63) is 35.7 Å². The van der Waals surface area contributed by atoms with Crippen LogP contribution in [0, 0.1) is 6.92 Å². The van der Waals surface area contributed by atoms with Crippen molar-refractivity contribution in [1.29, 1.82) is 0 Å². The third-order valence-electron chi connectivity index (χ3n) is 2.36. The molecule has 0 saturated carbocycles. The molecule has 0 aliphatic rings. The van der Waals surface area contributed by atoms with E-state index in [1.807, 2.05) is 26.0 Å². The second kappa shape index (κ2) is 6.29. The molecule has 0 aliphatic heterocycles. The lowest BCUT2D eigenvalue weighted by Crippen LogP contribution is -2.16. The highest BCUT2D eigenvalue weighted by atomic mass is 16.5. The monoisotopic (exact) mass is 262 g/mol. The fourth-order valence-electron chi connectivity index (χ4n) is 1.60. The number of aryl methyl sites for hydroxylation is 1. The summed E-state index contributed by atoms with van der Waals surface area (Å²) < 4.78 is 10.9. The van der Waals surface area contributed by atoms with Crippen LogP contribution in [0.25, 0.3) is 0 Å². The largest absolute Gasteiger partial charge is 0.475 e. The fraction of sp³-hybridized carbons (Fsp3) is 0.462. The van der Waals surface area contributed by atoms with E-state index in [1.54, 1.807) is 13.1 Å². The average Bonchev–Trinajstić information content (AvgIpc) is 2.77. The van der Waals surface area contributed by atoms with Crippen molar-refractivity contribution < 1.29 is 9.15 Å². The molecule has 0 aromatic carbocycles. The van der Waals surface area contributed by atoms with Crippen molar-refractivity contribution in [1.82, 2.24) is 20.5 Å². The number of ether oxygens (including phenoxy) is 1. The molecule has 0 aliphatic carbocycles. The first-order valence-corrected chi connectivity index (χ1v) is 6.25. The zero-order valence-electron chi connectivity index (χ0n) is 11.4. The SMILES string of the molecule is Cc1nnc(CNCc2cccnc2OC(C)C)o1. The first-order valence-electron chi connectivity index (χ1n) is 6.25. The van der Waals surface area contributed by atoms with Crippen LogP contribution in [0.2, 0.25) is 0 Å². The summed E-state index contributed by atoms with van der Waals surface area (Å²) in [6.45, 7) is 6.89. The Balaban J connectivity index is 1.92. The molecular formula is C13H18N4O2. The van der Waals surface area contributed by atoms with Gasteiger partial charge in [0.15, 0.2) is 0 Å². The lowest BCUT2D eigenvalue weighted by atomic mass is 10.2. The van der Waals surface area contributed by atoms with E-state index in [2.05, 4.69) is 20.5 Å². The maximum Gasteiger partial charge on any atom is 0.230 e. The minimum absolute atomic E-state index is 0.104. The summed E-state index contributed by atoms with van der Waals surface area (Å²) in [7, 11) is 0. The number of rotatable bonds is 6.